The second-order valence-electron chi connectivity index (χ2n) is 9.49. The molecule has 0 spiro atoms. The number of ether oxygens (including phenoxy) is 3. The topological polar surface area (TPSA) is 85.2 Å². The summed E-state index contributed by atoms with van der Waals surface area (Å²) in [5.41, 5.74) is 0. The molecule has 32 heavy (non-hydrogen) atoms. The first kappa shape index (κ1) is 27.3. The zero-order chi connectivity index (χ0) is 23.2. The predicted octanol–water partition coefficient (Wildman–Crippen LogP) is 4.91. The van der Waals surface area contributed by atoms with Gasteiger partial charge in [0.05, 0.1) is 25.4 Å². The van der Waals surface area contributed by atoms with Crippen molar-refractivity contribution in [3.63, 3.8) is 0 Å². The lowest BCUT2D eigenvalue weighted by Crippen LogP contribution is -2.27. The number of aliphatic hydroxyl groups is 2. The van der Waals surface area contributed by atoms with E-state index in [2.05, 4.69) is 23.8 Å². The monoisotopic (exact) mass is 454 g/mol. The number of methoxy groups -OCH3 is 1. The minimum absolute atomic E-state index is 0.00596. The highest BCUT2D eigenvalue weighted by molar-refractivity contribution is 5.68. The van der Waals surface area contributed by atoms with Crippen molar-refractivity contribution < 1.29 is 29.2 Å². The van der Waals surface area contributed by atoms with Crippen LogP contribution in [0.15, 0.2) is 12.2 Å². The van der Waals surface area contributed by atoms with Gasteiger partial charge < -0.3 is 24.4 Å². The fourth-order valence-corrected chi connectivity index (χ4v) is 4.95. The number of hydrogen-bond donors (Lipinski definition) is 2. The molecule has 1 aliphatic heterocycles. The Balaban J connectivity index is 1.85. The van der Waals surface area contributed by atoms with Crippen molar-refractivity contribution in [1.82, 2.24) is 0 Å². The smallest absolute Gasteiger partial charge is 0.305 e. The van der Waals surface area contributed by atoms with Gasteiger partial charge >= 0.3 is 5.97 Å². The van der Waals surface area contributed by atoms with Crippen molar-refractivity contribution in [2.24, 2.45) is 11.8 Å². The summed E-state index contributed by atoms with van der Waals surface area (Å²) in [4.78, 5) is 11.2. The van der Waals surface area contributed by atoms with Crippen molar-refractivity contribution >= 4 is 5.97 Å². The number of rotatable bonds is 15. The summed E-state index contributed by atoms with van der Waals surface area (Å²) in [6.07, 6.45) is 16.4. The van der Waals surface area contributed by atoms with Crippen LogP contribution in [-0.2, 0) is 19.0 Å². The molecule has 1 unspecified atom stereocenters. The first-order chi connectivity index (χ1) is 15.5. The first-order valence-corrected chi connectivity index (χ1v) is 12.9. The molecule has 2 fully saturated rings. The van der Waals surface area contributed by atoms with Crippen molar-refractivity contribution in [2.75, 3.05) is 13.7 Å². The fourth-order valence-electron chi connectivity index (χ4n) is 4.95. The molecule has 6 atom stereocenters. The van der Waals surface area contributed by atoms with E-state index in [4.69, 9.17) is 9.47 Å². The van der Waals surface area contributed by atoms with Crippen LogP contribution in [0, 0.1) is 11.8 Å². The Morgan fingerprint density at radius 2 is 1.91 bits per heavy atom. The van der Waals surface area contributed by atoms with E-state index < -0.39 is 12.2 Å². The average molecular weight is 455 g/mol. The summed E-state index contributed by atoms with van der Waals surface area (Å²) in [5, 5.41) is 21.1. The standard InChI is InChI=1S/C26H46O6/c1-3-4-7-12-20(32-26-15-10-11-18-31-26)16-17-22-21(23(27)19-24(22)28)13-8-5-6-9-14-25(29)30-2/h16-17,20-24,26-28H,3-15,18-19H2,1-2H3/t20-,21+,22+,23-,24+,26?/m0/s1. The second kappa shape index (κ2) is 15.8. The number of aliphatic hydroxyl groups excluding tert-OH is 2. The minimum atomic E-state index is -0.507. The van der Waals surface area contributed by atoms with E-state index in [-0.39, 0.29) is 30.2 Å². The number of hydrogen-bond acceptors (Lipinski definition) is 6. The summed E-state index contributed by atoms with van der Waals surface area (Å²) in [5.74, 6) is -0.118. The van der Waals surface area contributed by atoms with Gasteiger partial charge in [-0.3, -0.25) is 4.79 Å². The predicted molar refractivity (Wildman–Crippen MR) is 125 cm³/mol. The fraction of sp³-hybridized carbons (Fsp3) is 0.885. The molecule has 0 radical (unpaired) electrons. The molecule has 0 bridgehead atoms. The van der Waals surface area contributed by atoms with Gasteiger partial charge in [0.1, 0.15) is 0 Å². The van der Waals surface area contributed by atoms with E-state index in [0.29, 0.717) is 12.8 Å². The van der Waals surface area contributed by atoms with Gasteiger partial charge in [-0.2, -0.15) is 0 Å². The summed E-state index contributed by atoms with van der Waals surface area (Å²) in [6.45, 7) is 2.97. The molecule has 1 heterocycles. The molecular weight excluding hydrogens is 408 g/mol. The number of unbranched alkanes of at least 4 members (excludes halogenated alkanes) is 5. The van der Waals surface area contributed by atoms with Crippen molar-refractivity contribution in [3.05, 3.63) is 12.2 Å². The van der Waals surface area contributed by atoms with Crippen LogP contribution < -0.4 is 0 Å². The Morgan fingerprint density at radius 1 is 1.09 bits per heavy atom. The molecule has 2 N–H and O–H groups in total. The van der Waals surface area contributed by atoms with Crippen molar-refractivity contribution in [3.8, 4) is 0 Å². The molecule has 1 aliphatic carbocycles. The van der Waals surface area contributed by atoms with Crippen LogP contribution >= 0.6 is 0 Å². The second-order valence-corrected chi connectivity index (χ2v) is 9.49. The molecule has 1 saturated carbocycles. The molecule has 2 rings (SSSR count). The first-order valence-electron chi connectivity index (χ1n) is 12.9. The SMILES string of the molecule is CCCCC[C@@H](C=C[C@@H]1[C@@H](CCCCCCC(=O)OC)[C@@H](O)C[C@H]1O)OC1CCCCO1. The zero-order valence-corrected chi connectivity index (χ0v) is 20.3. The van der Waals surface area contributed by atoms with E-state index >= 15 is 0 Å². The zero-order valence-electron chi connectivity index (χ0n) is 20.3. The molecule has 0 aromatic rings. The lowest BCUT2D eigenvalue weighted by molar-refractivity contribution is -0.179. The maximum absolute atomic E-state index is 11.2. The van der Waals surface area contributed by atoms with E-state index in [9.17, 15) is 15.0 Å². The third-order valence-corrected chi connectivity index (χ3v) is 6.92. The Hall–Kier alpha value is -0.950. The third kappa shape index (κ3) is 9.90. The van der Waals surface area contributed by atoms with Crippen LogP contribution in [0.2, 0.25) is 0 Å². The van der Waals surface area contributed by atoms with E-state index in [0.717, 1.165) is 70.8 Å². The summed E-state index contributed by atoms with van der Waals surface area (Å²) >= 11 is 0. The van der Waals surface area contributed by atoms with Crippen LogP contribution in [0.5, 0.6) is 0 Å². The van der Waals surface area contributed by atoms with Gasteiger partial charge in [0.15, 0.2) is 6.29 Å². The maximum atomic E-state index is 11.2. The van der Waals surface area contributed by atoms with Crippen LogP contribution in [0.25, 0.3) is 0 Å². The number of carbonyl (C=O) groups is 1. The molecule has 2 aliphatic rings. The summed E-state index contributed by atoms with van der Waals surface area (Å²) < 4.78 is 16.7. The quantitative estimate of drug-likeness (QED) is 0.208. The number of esters is 1. The van der Waals surface area contributed by atoms with Gasteiger partial charge in [0, 0.05) is 25.4 Å². The molecule has 1 saturated heterocycles. The Kier molecular flexibility index (Phi) is 13.5. The Bertz CT molecular complexity index is 530. The summed E-state index contributed by atoms with van der Waals surface area (Å²) in [7, 11) is 1.42. The van der Waals surface area contributed by atoms with Crippen LogP contribution in [-0.4, -0.2) is 54.5 Å². The van der Waals surface area contributed by atoms with Crippen LogP contribution in [0.4, 0.5) is 0 Å². The highest BCUT2D eigenvalue weighted by atomic mass is 16.7. The Morgan fingerprint density at radius 3 is 2.62 bits per heavy atom. The molecule has 0 aromatic carbocycles. The van der Waals surface area contributed by atoms with Gasteiger partial charge in [-0.05, 0) is 44.4 Å². The molecule has 0 aromatic heterocycles. The van der Waals surface area contributed by atoms with Crippen molar-refractivity contribution in [2.45, 2.75) is 121 Å². The largest absolute Gasteiger partial charge is 0.469 e. The molecule has 6 heteroatoms. The van der Waals surface area contributed by atoms with Gasteiger partial charge in [-0.25, -0.2) is 0 Å². The highest BCUT2D eigenvalue weighted by Gasteiger charge is 2.39. The highest BCUT2D eigenvalue weighted by Crippen LogP contribution is 2.37. The molecular formula is C26H46O6. The van der Waals surface area contributed by atoms with E-state index in [1.165, 1.54) is 20.0 Å². The van der Waals surface area contributed by atoms with Gasteiger partial charge in [0.25, 0.3) is 0 Å². The number of carbonyl (C=O) groups excluding carboxylic acids is 1. The Labute approximate surface area is 194 Å². The molecule has 0 amide bonds. The maximum Gasteiger partial charge on any atom is 0.305 e. The van der Waals surface area contributed by atoms with E-state index in [1.54, 1.807) is 0 Å². The lowest BCUT2D eigenvalue weighted by atomic mass is 9.87. The van der Waals surface area contributed by atoms with Gasteiger partial charge in [-0.1, -0.05) is 57.6 Å². The third-order valence-electron chi connectivity index (χ3n) is 6.92. The van der Waals surface area contributed by atoms with Crippen LogP contribution in [0.1, 0.15) is 96.8 Å². The van der Waals surface area contributed by atoms with Crippen LogP contribution in [0.3, 0.4) is 0 Å². The van der Waals surface area contributed by atoms with Gasteiger partial charge in [0.2, 0.25) is 0 Å². The summed E-state index contributed by atoms with van der Waals surface area (Å²) in [6, 6.07) is 0. The van der Waals surface area contributed by atoms with E-state index in [1.807, 2.05) is 0 Å². The normalized spacial score (nSPS) is 29.4. The minimum Gasteiger partial charge on any atom is -0.469 e. The lowest BCUT2D eigenvalue weighted by Gasteiger charge is -2.27. The average Bonchev–Trinajstić information content (AvgIpc) is 3.06. The van der Waals surface area contributed by atoms with Gasteiger partial charge in [-0.15, -0.1) is 0 Å². The van der Waals surface area contributed by atoms with Crippen molar-refractivity contribution in [1.29, 1.82) is 0 Å². The molecule has 6 nitrogen and oxygen atoms in total. The molecule has 186 valence electrons.